The average molecular weight is 263 g/mol. The predicted molar refractivity (Wildman–Crippen MR) is 70.2 cm³/mol. The molecule has 0 bridgehead atoms. The molecule has 0 aliphatic heterocycles. The number of aliphatic carboxylic acids is 1. The molecule has 2 N–H and O–H groups in total. The van der Waals surface area contributed by atoms with Crippen LogP contribution in [0.2, 0.25) is 0 Å². The predicted octanol–water partition coefficient (Wildman–Crippen LogP) is 2.05. The van der Waals surface area contributed by atoms with Crippen molar-refractivity contribution in [1.82, 2.24) is 0 Å². The van der Waals surface area contributed by atoms with Crippen LogP contribution in [0.25, 0.3) is 0 Å². The van der Waals surface area contributed by atoms with E-state index in [2.05, 4.69) is 5.32 Å². The molecule has 1 saturated carbocycles. The van der Waals surface area contributed by atoms with Gasteiger partial charge in [-0.1, -0.05) is 0 Å². The highest BCUT2D eigenvalue weighted by Crippen LogP contribution is 2.35. The maximum atomic E-state index is 12.0. The first-order valence-electron chi connectivity index (χ1n) is 6.21. The largest absolute Gasteiger partial charge is 0.497 e. The van der Waals surface area contributed by atoms with E-state index < -0.39 is 17.8 Å². The second-order valence-electron chi connectivity index (χ2n) is 4.80. The Labute approximate surface area is 111 Å². The second-order valence-corrected chi connectivity index (χ2v) is 4.80. The molecule has 2 unspecified atom stereocenters. The lowest BCUT2D eigenvalue weighted by molar-refractivity contribution is -0.151. The maximum absolute atomic E-state index is 12.0. The zero-order chi connectivity index (χ0) is 14.0. The lowest BCUT2D eigenvalue weighted by Gasteiger charge is -2.32. The molecule has 1 aliphatic carbocycles. The van der Waals surface area contributed by atoms with Crippen molar-refractivity contribution in [1.29, 1.82) is 0 Å². The molecule has 5 nitrogen and oxygen atoms in total. The van der Waals surface area contributed by atoms with Crippen LogP contribution in [0, 0.1) is 18.8 Å². The highest BCUT2D eigenvalue weighted by Gasteiger charge is 2.41. The maximum Gasteiger partial charge on any atom is 0.307 e. The van der Waals surface area contributed by atoms with Gasteiger partial charge in [0.15, 0.2) is 0 Å². The van der Waals surface area contributed by atoms with E-state index in [0.717, 1.165) is 11.3 Å². The number of carboxylic acids is 1. The molecule has 2 atom stereocenters. The van der Waals surface area contributed by atoms with Crippen molar-refractivity contribution in [2.75, 3.05) is 12.4 Å². The van der Waals surface area contributed by atoms with Gasteiger partial charge in [-0.3, -0.25) is 9.59 Å². The minimum absolute atomic E-state index is 0.216. The zero-order valence-electron chi connectivity index (χ0n) is 11.0. The number of carboxylic acid groups (broad SMARTS) is 1. The summed E-state index contributed by atoms with van der Waals surface area (Å²) >= 11 is 0. The molecule has 102 valence electrons. The van der Waals surface area contributed by atoms with Gasteiger partial charge in [0.2, 0.25) is 5.91 Å². The fourth-order valence-corrected chi connectivity index (χ4v) is 2.24. The Morgan fingerprint density at radius 3 is 2.47 bits per heavy atom. The SMILES string of the molecule is COc1ccc(NC(=O)C2CCC2C(=O)O)c(C)c1. The standard InChI is InChI=1S/C14H17NO4/c1-8-7-9(19-2)3-6-12(8)15-13(16)10-4-5-11(10)14(17)18/h3,6-7,10-11H,4-5H2,1-2H3,(H,15,16)(H,17,18). The van der Waals surface area contributed by atoms with Crippen molar-refractivity contribution in [3.63, 3.8) is 0 Å². The molecular weight excluding hydrogens is 246 g/mol. The Balaban J connectivity index is 2.05. The van der Waals surface area contributed by atoms with Crippen LogP contribution in [0.15, 0.2) is 18.2 Å². The number of hydrogen-bond donors (Lipinski definition) is 2. The molecule has 5 heteroatoms. The van der Waals surface area contributed by atoms with Gasteiger partial charge in [0.25, 0.3) is 0 Å². The van der Waals surface area contributed by atoms with Crippen molar-refractivity contribution >= 4 is 17.6 Å². The molecule has 0 heterocycles. The number of methoxy groups -OCH3 is 1. The van der Waals surface area contributed by atoms with Gasteiger partial charge in [0.05, 0.1) is 18.9 Å². The zero-order valence-corrected chi connectivity index (χ0v) is 11.0. The summed E-state index contributed by atoms with van der Waals surface area (Å²) in [6.45, 7) is 1.87. The van der Waals surface area contributed by atoms with Gasteiger partial charge in [-0.15, -0.1) is 0 Å². The number of benzene rings is 1. The average Bonchev–Trinajstić information content (AvgIpc) is 2.29. The van der Waals surface area contributed by atoms with Crippen LogP contribution in [0.4, 0.5) is 5.69 Å². The van der Waals surface area contributed by atoms with E-state index in [1.165, 1.54) is 0 Å². The normalized spacial score (nSPS) is 21.4. The summed E-state index contributed by atoms with van der Waals surface area (Å²) in [4.78, 5) is 22.9. The van der Waals surface area contributed by atoms with E-state index in [4.69, 9.17) is 9.84 Å². The van der Waals surface area contributed by atoms with Crippen molar-refractivity contribution in [3.8, 4) is 5.75 Å². The summed E-state index contributed by atoms with van der Waals surface area (Å²) in [5.74, 6) is -1.34. The molecule has 19 heavy (non-hydrogen) atoms. The molecule has 0 spiro atoms. The smallest absolute Gasteiger partial charge is 0.307 e. The highest BCUT2D eigenvalue weighted by atomic mass is 16.5. The van der Waals surface area contributed by atoms with E-state index in [-0.39, 0.29) is 5.91 Å². The Morgan fingerprint density at radius 1 is 1.32 bits per heavy atom. The monoisotopic (exact) mass is 263 g/mol. The molecule has 0 saturated heterocycles. The van der Waals surface area contributed by atoms with Gasteiger partial charge in [0.1, 0.15) is 5.75 Å². The highest BCUT2D eigenvalue weighted by molar-refractivity contribution is 5.96. The topological polar surface area (TPSA) is 75.6 Å². The fraction of sp³-hybridized carbons (Fsp3) is 0.429. The van der Waals surface area contributed by atoms with Crippen molar-refractivity contribution in [2.45, 2.75) is 19.8 Å². The van der Waals surface area contributed by atoms with Gasteiger partial charge in [-0.05, 0) is 43.5 Å². The molecule has 1 aromatic carbocycles. The van der Waals surface area contributed by atoms with Gasteiger partial charge in [-0.2, -0.15) is 0 Å². The Kier molecular flexibility index (Phi) is 3.74. The first-order valence-corrected chi connectivity index (χ1v) is 6.21. The molecule has 0 radical (unpaired) electrons. The summed E-state index contributed by atoms with van der Waals surface area (Å²) in [5.41, 5.74) is 1.58. The summed E-state index contributed by atoms with van der Waals surface area (Å²) in [6.07, 6.45) is 1.22. The number of amides is 1. The molecule has 1 aromatic rings. The molecule has 0 aromatic heterocycles. The van der Waals surface area contributed by atoms with Crippen LogP contribution in [0.1, 0.15) is 18.4 Å². The quantitative estimate of drug-likeness (QED) is 0.871. The molecule has 1 amide bonds. The van der Waals surface area contributed by atoms with Crippen LogP contribution in [-0.2, 0) is 9.59 Å². The number of ether oxygens (including phenoxy) is 1. The van der Waals surface area contributed by atoms with Crippen LogP contribution in [-0.4, -0.2) is 24.1 Å². The Bertz CT molecular complexity index is 512. The molecule has 1 fully saturated rings. The summed E-state index contributed by atoms with van der Waals surface area (Å²) in [5, 5.41) is 11.7. The number of nitrogens with one attached hydrogen (secondary N) is 1. The summed E-state index contributed by atoms with van der Waals surface area (Å²) in [6, 6.07) is 5.35. The summed E-state index contributed by atoms with van der Waals surface area (Å²) < 4.78 is 5.09. The first-order chi connectivity index (χ1) is 9.02. The van der Waals surface area contributed by atoms with E-state index in [1.807, 2.05) is 13.0 Å². The van der Waals surface area contributed by atoms with Crippen LogP contribution in [0.5, 0.6) is 5.75 Å². The lowest BCUT2D eigenvalue weighted by Crippen LogP contribution is -2.41. The van der Waals surface area contributed by atoms with Crippen molar-refractivity contribution in [3.05, 3.63) is 23.8 Å². The third-order valence-corrected chi connectivity index (χ3v) is 3.62. The first kappa shape index (κ1) is 13.4. The van der Waals surface area contributed by atoms with Crippen LogP contribution < -0.4 is 10.1 Å². The van der Waals surface area contributed by atoms with E-state index in [1.54, 1.807) is 19.2 Å². The van der Waals surface area contributed by atoms with Gasteiger partial charge < -0.3 is 15.2 Å². The van der Waals surface area contributed by atoms with E-state index in [0.29, 0.717) is 18.5 Å². The van der Waals surface area contributed by atoms with Crippen LogP contribution >= 0.6 is 0 Å². The number of aryl methyl sites for hydroxylation is 1. The molecule has 1 aliphatic rings. The number of rotatable bonds is 4. The molecular formula is C14H17NO4. The van der Waals surface area contributed by atoms with Crippen LogP contribution in [0.3, 0.4) is 0 Å². The third kappa shape index (κ3) is 2.70. The number of hydrogen-bond acceptors (Lipinski definition) is 3. The fourth-order valence-electron chi connectivity index (χ4n) is 2.24. The number of carbonyl (C=O) groups excluding carboxylic acids is 1. The van der Waals surface area contributed by atoms with E-state index >= 15 is 0 Å². The Morgan fingerprint density at radius 2 is 2.00 bits per heavy atom. The van der Waals surface area contributed by atoms with Crippen molar-refractivity contribution in [2.24, 2.45) is 11.8 Å². The van der Waals surface area contributed by atoms with Gasteiger partial charge in [0, 0.05) is 5.69 Å². The third-order valence-electron chi connectivity index (χ3n) is 3.62. The number of carbonyl (C=O) groups is 2. The minimum atomic E-state index is -0.891. The lowest BCUT2D eigenvalue weighted by atomic mass is 9.73. The van der Waals surface area contributed by atoms with Gasteiger partial charge in [-0.25, -0.2) is 0 Å². The Hall–Kier alpha value is -2.04. The second kappa shape index (κ2) is 5.30. The van der Waals surface area contributed by atoms with E-state index in [9.17, 15) is 9.59 Å². The minimum Gasteiger partial charge on any atom is -0.497 e. The number of anilines is 1. The van der Waals surface area contributed by atoms with Crippen molar-refractivity contribution < 1.29 is 19.4 Å². The molecule has 2 rings (SSSR count). The van der Waals surface area contributed by atoms with Gasteiger partial charge >= 0.3 is 5.97 Å². The summed E-state index contributed by atoms with van der Waals surface area (Å²) in [7, 11) is 1.58.